The molecule has 0 heterocycles. The maximum absolute atomic E-state index is 13.3. The fourth-order valence-corrected chi connectivity index (χ4v) is 3.14. The summed E-state index contributed by atoms with van der Waals surface area (Å²) in [5, 5.41) is 6.39. The van der Waals surface area contributed by atoms with Gasteiger partial charge < -0.3 is 15.5 Å². The molecule has 0 bridgehead atoms. The van der Waals surface area contributed by atoms with Gasteiger partial charge in [0.1, 0.15) is 15.7 Å². The monoisotopic (exact) mass is 514 g/mol. The quantitative estimate of drug-likeness (QED) is 0.218. The summed E-state index contributed by atoms with van der Waals surface area (Å²) < 4.78 is 35.8. The third-order valence-electron chi connectivity index (χ3n) is 3.82. The summed E-state index contributed by atoms with van der Waals surface area (Å²) in [7, 11) is -1.03. The summed E-state index contributed by atoms with van der Waals surface area (Å²) in [6, 6.07) is 6.53. The molecule has 0 aliphatic carbocycles. The number of rotatable bonds is 10. The van der Waals surface area contributed by atoms with Gasteiger partial charge in [0, 0.05) is 44.7 Å². The highest BCUT2D eigenvalue weighted by Crippen LogP contribution is 2.13. The van der Waals surface area contributed by atoms with Gasteiger partial charge in [-0.2, -0.15) is 0 Å². The van der Waals surface area contributed by atoms with Crippen LogP contribution in [0.5, 0.6) is 0 Å². The van der Waals surface area contributed by atoms with Crippen LogP contribution in [0.2, 0.25) is 0 Å². The van der Waals surface area contributed by atoms with Crippen molar-refractivity contribution >= 4 is 45.5 Å². The van der Waals surface area contributed by atoms with Crippen LogP contribution in [0, 0.1) is 5.82 Å². The van der Waals surface area contributed by atoms with E-state index in [-0.39, 0.29) is 41.6 Å². The zero-order valence-corrected chi connectivity index (χ0v) is 19.7. The predicted molar refractivity (Wildman–Crippen MR) is 123 cm³/mol. The molecule has 156 valence electrons. The number of hydrogen-bond acceptors (Lipinski definition) is 4. The highest BCUT2D eigenvalue weighted by molar-refractivity contribution is 14.0. The largest absolute Gasteiger partial charge is 0.374 e. The lowest BCUT2D eigenvalue weighted by molar-refractivity contribution is 0.581. The molecule has 6 nitrogen and oxygen atoms in total. The van der Waals surface area contributed by atoms with Crippen LogP contribution in [-0.4, -0.2) is 59.1 Å². The van der Waals surface area contributed by atoms with Gasteiger partial charge in [0.15, 0.2) is 5.96 Å². The van der Waals surface area contributed by atoms with Crippen molar-refractivity contribution in [3.8, 4) is 0 Å². The number of benzene rings is 1. The lowest BCUT2D eigenvalue weighted by Gasteiger charge is -2.19. The molecule has 1 atom stereocenters. The van der Waals surface area contributed by atoms with Crippen molar-refractivity contribution in [1.82, 2.24) is 10.6 Å². The van der Waals surface area contributed by atoms with Gasteiger partial charge in [0.25, 0.3) is 0 Å². The van der Waals surface area contributed by atoms with Gasteiger partial charge in [-0.25, -0.2) is 12.8 Å². The van der Waals surface area contributed by atoms with Crippen LogP contribution in [0.15, 0.2) is 29.3 Å². The average Bonchev–Trinajstić information content (AvgIpc) is 2.56. The normalized spacial score (nSPS) is 12.9. The molecule has 0 amide bonds. The number of nitrogens with one attached hydrogen (secondary N) is 2. The molecule has 1 aromatic carbocycles. The summed E-state index contributed by atoms with van der Waals surface area (Å²) in [5.74, 6) is 0.593. The maximum Gasteiger partial charge on any atom is 0.191 e. The van der Waals surface area contributed by atoms with Crippen molar-refractivity contribution in [2.45, 2.75) is 32.7 Å². The van der Waals surface area contributed by atoms with E-state index in [2.05, 4.69) is 15.6 Å². The van der Waals surface area contributed by atoms with E-state index in [1.807, 2.05) is 31.9 Å². The van der Waals surface area contributed by atoms with Gasteiger partial charge in [-0.1, -0.05) is 6.07 Å². The molecule has 1 aromatic rings. The van der Waals surface area contributed by atoms with Crippen molar-refractivity contribution in [3.63, 3.8) is 0 Å². The Hall–Kier alpha value is -1.10. The molecule has 0 aromatic heterocycles. The van der Waals surface area contributed by atoms with Gasteiger partial charge in [0.05, 0.1) is 5.75 Å². The minimum atomic E-state index is -2.96. The number of anilines is 1. The van der Waals surface area contributed by atoms with E-state index in [0.29, 0.717) is 18.9 Å². The molecule has 1 unspecified atom stereocenters. The number of guanidine groups is 1. The van der Waals surface area contributed by atoms with E-state index >= 15 is 0 Å². The van der Waals surface area contributed by atoms with Gasteiger partial charge in [-0.05, 0) is 44.9 Å². The number of halogens is 2. The molecular weight excluding hydrogens is 482 g/mol. The minimum absolute atomic E-state index is 0. The second-order valence-corrected chi connectivity index (χ2v) is 8.74. The van der Waals surface area contributed by atoms with Gasteiger partial charge in [-0.3, -0.25) is 4.99 Å². The second-order valence-electron chi connectivity index (χ2n) is 6.48. The smallest absolute Gasteiger partial charge is 0.191 e. The zero-order valence-electron chi connectivity index (χ0n) is 16.5. The number of sulfone groups is 1. The van der Waals surface area contributed by atoms with Crippen LogP contribution < -0.4 is 15.5 Å². The molecule has 0 radical (unpaired) electrons. The van der Waals surface area contributed by atoms with Gasteiger partial charge in [-0.15, -0.1) is 24.0 Å². The van der Waals surface area contributed by atoms with Crippen LogP contribution in [0.4, 0.5) is 10.1 Å². The average molecular weight is 514 g/mol. The molecule has 0 aliphatic rings. The van der Waals surface area contributed by atoms with E-state index in [1.54, 1.807) is 6.07 Å². The Balaban J connectivity index is 0.00000676. The number of hydrogen-bond donors (Lipinski definition) is 2. The highest BCUT2D eigenvalue weighted by Gasteiger charge is 2.09. The first kappa shape index (κ1) is 25.9. The molecule has 9 heteroatoms. The summed E-state index contributed by atoms with van der Waals surface area (Å²) in [6.07, 6.45) is 2.60. The van der Waals surface area contributed by atoms with E-state index < -0.39 is 9.84 Å². The van der Waals surface area contributed by atoms with E-state index in [0.717, 1.165) is 25.2 Å². The molecule has 0 fully saturated rings. The van der Waals surface area contributed by atoms with Crippen LogP contribution in [0.3, 0.4) is 0 Å². The van der Waals surface area contributed by atoms with Gasteiger partial charge in [0.2, 0.25) is 0 Å². The Morgan fingerprint density at radius 1 is 1.37 bits per heavy atom. The second kappa shape index (κ2) is 13.1. The SMILES string of the molecule is CCNC(=NCCCN(C)c1cccc(F)c1)NC(C)CCS(C)(=O)=O.I. The lowest BCUT2D eigenvalue weighted by Crippen LogP contribution is -2.43. The van der Waals surface area contributed by atoms with Crippen LogP contribution >= 0.6 is 24.0 Å². The van der Waals surface area contributed by atoms with Crippen LogP contribution in [-0.2, 0) is 9.84 Å². The molecule has 2 N–H and O–H groups in total. The third kappa shape index (κ3) is 12.1. The fourth-order valence-electron chi connectivity index (χ4n) is 2.36. The summed E-state index contributed by atoms with van der Waals surface area (Å²) >= 11 is 0. The molecule has 27 heavy (non-hydrogen) atoms. The standard InChI is InChI=1S/C18H31FN4O2S.HI/c1-5-20-18(22-15(2)10-13-26(4,24)25)21-11-7-12-23(3)17-9-6-8-16(19)14-17;/h6,8-9,14-15H,5,7,10-13H2,1-4H3,(H2,20,21,22);1H. The highest BCUT2D eigenvalue weighted by atomic mass is 127. The maximum atomic E-state index is 13.3. The van der Waals surface area contributed by atoms with E-state index in [4.69, 9.17) is 0 Å². The predicted octanol–water partition coefficient (Wildman–Crippen LogP) is 2.65. The first-order valence-corrected chi connectivity index (χ1v) is 11.0. The molecule has 0 saturated heterocycles. The summed E-state index contributed by atoms with van der Waals surface area (Å²) in [6.45, 7) is 6.03. The van der Waals surface area contributed by atoms with Crippen molar-refractivity contribution in [3.05, 3.63) is 30.1 Å². The van der Waals surface area contributed by atoms with E-state index in [1.165, 1.54) is 18.4 Å². The van der Waals surface area contributed by atoms with Crippen LogP contribution in [0.25, 0.3) is 0 Å². The Morgan fingerprint density at radius 3 is 2.67 bits per heavy atom. The Labute approximate surface area is 180 Å². The van der Waals surface area contributed by atoms with Gasteiger partial charge >= 0.3 is 0 Å². The fraction of sp³-hybridized carbons (Fsp3) is 0.611. The number of aliphatic imine (C=N–C) groups is 1. The summed E-state index contributed by atoms with van der Waals surface area (Å²) in [5.41, 5.74) is 0.841. The third-order valence-corrected chi connectivity index (χ3v) is 4.80. The zero-order chi connectivity index (χ0) is 19.6. The van der Waals surface area contributed by atoms with Crippen molar-refractivity contribution < 1.29 is 12.8 Å². The van der Waals surface area contributed by atoms with Crippen LogP contribution in [0.1, 0.15) is 26.7 Å². The molecule has 0 spiro atoms. The lowest BCUT2D eigenvalue weighted by atomic mass is 10.2. The Kier molecular flexibility index (Phi) is 12.6. The van der Waals surface area contributed by atoms with Crippen molar-refractivity contribution in [1.29, 1.82) is 0 Å². The molecule has 0 aliphatic heterocycles. The van der Waals surface area contributed by atoms with Crippen molar-refractivity contribution in [2.24, 2.45) is 4.99 Å². The Morgan fingerprint density at radius 2 is 2.07 bits per heavy atom. The van der Waals surface area contributed by atoms with E-state index in [9.17, 15) is 12.8 Å². The minimum Gasteiger partial charge on any atom is -0.374 e. The number of nitrogens with zero attached hydrogens (tertiary/aromatic N) is 2. The molecular formula is C18H32FIN4O2S. The van der Waals surface area contributed by atoms with Crippen molar-refractivity contribution in [2.75, 3.05) is 43.6 Å². The summed E-state index contributed by atoms with van der Waals surface area (Å²) in [4.78, 5) is 6.52. The Bertz CT molecular complexity index is 686. The topological polar surface area (TPSA) is 73.8 Å². The first-order chi connectivity index (χ1) is 12.2. The first-order valence-electron chi connectivity index (χ1n) is 8.90. The molecule has 1 rings (SSSR count). The molecule has 0 saturated carbocycles.